The first kappa shape index (κ1) is 7.89. The second-order valence-corrected chi connectivity index (χ2v) is 3.49. The first-order valence-electron chi connectivity index (χ1n) is 3.25. The molecule has 56 valence electrons. The van der Waals surface area contributed by atoms with Gasteiger partial charge in [-0.05, 0) is 20.6 Å². The maximum atomic E-state index is 3.47. The normalized spacial score (nSPS) is 10.8. The number of halogens is 1. The van der Waals surface area contributed by atoms with Crippen LogP contribution in [0.15, 0.2) is 22.7 Å². The van der Waals surface area contributed by atoms with E-state index < -0.39 is 0 Å². The molecular formula is C8H11BrN-. The van der Waals surface area contributed by atoms with Crippen molar-refractivity contribution in [3.63, 3.8) is 0 Å². The number of hydrogen-bond acceptors (Lipinski definition) is 1. The highest BCUT2D eigenvalue weighted by Gasteiger charge is 1.91. The third-order valence-electron chi connectivity index (χ3n) is 1.33. The lowest BCUT2D eigenvalue weighted by molar-refractivity contribution is 0.402. The Balaban J connectivity index is 2.65. The van der Waals surface area contributed by atoms with Crippen molar-refractivity contribution in [1.29, 1.82) is 0 Å². The molecule has 1 nitrogen and oxygen atoms in total. The van der Waals surface area contributed by atoms with Gasteiger partial charge in [-0.25, -0.2) is 6.07 Å². The minimum atomic E-state index is 1.01. The molecule has 0 radical (unpaired) electrons. The maximum Gasteiger partial charge on any atom is -0.0145 e. The molecule has 0 aliphatic carbocycles. The molecule has 10 heavy (non-hydrogen) atoms. The zero-order chi connectivity index (χ0) is 7.56. The Bertz CT molecular complexity index is 203. The molecule has 0 fully saturated rings. The van der Waals surface area contributed by atoms with Crippen LogP contribution in [0.5, 0.6) is 0 Å². The quantitative estimate of drug-likeness (QED) is 0.663. The third-order valence-corrected chi connectivity index (χ3v) is 2.11. The number of hydrogen-bond donors (Lipinski definition) is 0. The van der Waals surface area contributed by atoms with E-state index in [4.69, 9.17) is 0 Å². The van der Waals surface area contributed by atoms with E-state index in [1.165, 1.54) is 10.0 Å². The molecule has 1 rings (SSSR count). The summed E-state index contributed by atoms with van der Waals surface area (Å²) in [5.41, 5.74) is 1.35. The van der Waals surface area contributed by atoms with E-state index in [9.17, 15) is 0 Å². The van der Waals surface area contributed by atoms with E-state index in [0.717, 1.165) is 6.54 Å². The minimum Gasteiger partial charge on any atom is -0.316 e. The van der Waals surface area contributed by atoms with Gasteiger partial charge >= 0.3 is 0 Å². The molecular weight excluding hydrogens is 190 g/mol. The second kappa shape index (κ2) is 3.26. The summed E-state index contributed by atoms with van der Waals surface area (Å²) in [6, 6.07) is 6.26. The van der Waals surface area contributed by atoms with Crippen LogP contribution >= 0.6 is 15.9 Å². The zero-order valence-electron chi connectivity index (χ0n) is 6.26. The lowest BCUT2D eigenvalue weighted by Crippen LogP contribution is -2.10. The molecule has 1 aromatic carbocycles. The number of nitrogens with zero attached hydrogens (tertiary/aromatic N) is 1. The predicted molar refractivity (Wildman–Crippen MR) is 47.1 cm³/mol. The molecule has 0 bridgehead atoms. The van der Waals surface area contributed by atoms with Crippen molar-refractivity contribution < 1.29 is 0 Å². The van der Waals surface area contributed by atoms with E-state index in [1.807, 2.05) is 0 Å². The van der Waals surface area contributed by atoms with Crippen LogP contribution in [-0.2, 0) is 6.54 Å². The van der Waals surface area contributed by atoms with Crippen LogP contribution in [0, 0.1) is 0 Å². The molecule has 1 aromatic rings. The molecule has 0 saturated heterocycles. The Morgan fingerprint density at radius 3 is 2.70 bits per heavy atom. The van der Waals surface area contributed by atoms with Gasteiger partial charge in [-0.2, -0.15) is 12.1 Å². The van der Waals surface area contributed by atoms with Gasteiger partial charge in [0.1, 0.15) is 0 Å². The smallest absolute Gasteiger partial charge is 0.0145 e. The molecule has 0 aliphatic heterocycles. The second-order valence-electron chi connectivity index (χ2n) is 2.64. The fraction of sp³-hybridized carbons (Fsp3) is 0.375. The SMILES string of the molecule is CN(C)C[c-]1cccc1Br. The van der Waals surface area contributed by atoms with E-state index in [1.54, 1.807) is 0 Å². The topological polar surface area (TPSA) is 3.24 Å². The van der Waals surface area contributed by atoms with Gasteiger partial charge in [-0.15, -0.1) is 5.56 Å². The van der Waals surface area contributed by atoms with Gasteiger partial charge in [0.2, 0.25) is 0 Å². The van der Waals surface area contributed by atoms with Crippen molar-refractivity contribution >= 4 is 15.9 Å². The van der Waals surface area contributed by atoms with Gasteiger partial charge < -0.3 is 4.90 Å². The molecule has 0 atom stereocenters. The monoisotopic (exact) mass is 200 g/mol. The summed E-state index contributed by atoms with van der Waals surface area (Å²) in [5, 5.41) is 0. The molecule has 2 heteroatoms. The fourth-order valence-corrected chi connectivity index (χ4v) is 1.31. The highest BCUT2D eigenvalue weighted by atomic mass is 79.9. The summed E-state index contributed by atoms with van der Waals surface area (Å²) in [4.78, 5) is 2.15. The molecule has 0 N–H and O–H groups in total. The summed E-state index contributed by atoms with van der Waals surface area (Å²) in [6.45, 7) is 1.01. The molecule has 0 aliphatic rings. The fourth-order valence-electron chi connectivity index (χ4n) is 0.904. The summed E-state index contributed by atoms with van der Waals surface area (Å²) < 4.78 is 1.21. The highest BCUT2D eigenvalue weighted by Crippen LogP contribution is 2.17. The Morgan fingerprint density at radius 1 is 1.60 bits per heavy atom. The summed E-state index contributed by atoms with van der Waals surface area (Å²) in [7, 11) is 4.14. The van der Waals surface area contributed by atoms with Gasteiger partial charge in [0.25, 0.3) is 0 Å². The molecule has 0 heterocycles. The molecule has 0 spiro atoms. The van der Waals surface area contributed by atoms with E-state index in [-0.39, 0.29) is 0 Å². The summed E-state index contributed by atoms with van der Waals surface area (Å²) >= 11 is 3.47. The van der Waals surface area contributed by atoms with Crippen LogP contribution < -0.4 is 0 Å². The van der Waals surface area contributed by atoms with Crippen molar-refractivity contribution in [2.45, 2.75) is 6.54 Å². The van der Waals surface area contributed by atoms with Crippen molar-refractivity contribution in [1.82, 2.24) is 4.90 Å². The van der Waals surface area contributed by atoms with E-state index >= 15 is 0 Å². The van der Waals surface area contributed by atoms with Gasteiger partial charge in [-0.3, -0.25) is 0 Å². The maximum absolute atomic E-state index is 3.47. The zero-order valence-corrected chi connectivity index (χ0v) is 7.85. The van der Waals surface area contributed by atoms with Crippen molar-refractivity contribution in [2.75, 3.05) is 14.1 Å². The first-order chi connectivity index (χ1) is 4.70. The Labute approximate surface area is 70.1 Å². The number of rotatable bonds is 2. The lowest BCUT2D eigenvalue weighted by Gasteiger charge is -2.12. The van der Waals surface area contributed by atoms with Crippen molar-refractivity contribution in [3.8, 4) is 0 Å². The van der Waals surface area contributed by atoms with Crippen LogP contribution in [-0.4, -0.2) is 19.0 Å². The Hall–Kier alpha value is -0.210. The van der Waals surface area contributed by atoms with Crippen LogP contribution in [0.25, 0.3) is 0 Å². The van der Waals surface area contributed by atoms with Crippen LogP contribution in [0.1, 0.15) is 5.56 Å². The van der Waals surface area contributed by atoms with Crippen molar-refractivity contribution in [2.24, 2.45) is 0 Å². The van der Waals surface area contributed by atoms with E-state index in [2.05, 4.69) is 53.1 Å². The highest BCUT2D eigenvalue weighted by molar-refractivity contribution is 9.10. The first-order valence-corrected chi connectivity index (χ1v) is 4.04. The predicted octanol–water partition coefficient (Wildman–Crippen LogP) is 2.23. The average Bonchev–Trinajstić information content (AvgIpc) is 2.15. The largest absolute Gasteiger partial charge is 0.316 e. The molecule has 0 amide bonds. The molecule has 0 unspecified atom stereocenters. The standard InChI is InChI=1S/C8H11BrN/c1-10(2)6-7-4-3-5-8(7)9/h3-5H,6H2,1-2H3/q-1. The minimum absolute atomic E-state index is 1.01. The summed E-state index contributed by atoms with van der Waals surface area (Å²) in [6.07, 6.45) is 0. The van der Waals surface area contributed by atoms with Gasteiger partial charge in [0.15, 0.2) is 0 Å². The molecule has 0 saturated carbocycles. The van der Waals surface area contributed by atoms with Gasteiger partial charge in [-0.1, -0.05) is 20.4 Å². The van der Waals surface area contributed by atoms with Crippen LogP contribution in [0.2, 0.25) is 0 Å². The lowest BCUT2D eigenvalue weighted by atomic mass is 10.3. The van der Waals surface area contributed by atoms with Crippen molar-refractivity contribution in [3.05, 3.63) is 28.2 Å². The summed E-state index contributed by atoms with van der Waals surface area (Å²) in [5.74, 6) is 0. The van der Waals surface area contributed by atoms with Crippen LogP contribution in [0.4, 0.5) is 0 Å². The Morgan fingerprint density at radius 2 is 2.30 bits per heavy atom. The Kier molecular flexibility index (Phi) is 2.57. The van der Waals surface area contributed by atoms with Gasteiger partial charge in [0.05, 0.1) is 0 Å². The molecule has 0 aromatic heterocycles. The average molecular weight is 201 g/mol. The van der Waals surface area contributed by atoms with Crippen LogP contribution in [0.3, 0.4) is 0 Å². The van der Waals surface area contributed by atoms with E-state index in [0.29, 0.717) is 0 Å². The van der Waals surface area contributed by atoms with Gasteiger partial charge in [0, 0.05) is 0 Å². The third kappa shape index (κ3) is 1.89.